The third kappa shape index (κ3) is 3.13. The van der Waals surface area contributed by atoms with E-state index in [1.54, 1.807) is 47.4 Å². The molecule has 0 aliphatic heterocycles. The number of halogens is 1. The summed E-state index contributed by atoms with van der Waals surface area (Å²) in [7, 11) is 0. The summed E-state index contributed by atoms with van der Waals surface area (Å²) in [5.41, 5.74) is 9.14. The average molecular weight is 288 g/mol. The lowest BCUT2D eigenvalue weighted by atomic mass is 10.3. The standard InChI is InChI=1S/C12H10ClN7/c13-8-6-17-20(7-8)10-3-1-9(2-4-10)18-19-11(5-14)12(15)16/h1-4,6-7,18H,(H3,15,16)/b19-11+. The molecule has 0 aliphatic carbocycles. The van der Waals surface area contributed by atoms with Crippen molar-refractivity contribution in [2.24, 2.45) is 10.8 Å². The number of nitriles is 1. The quantitative estimate of drug-likeness (QED) is 0.451. The van der Waals surface area contributed by atoms with Gasteiger partial charge in [0, 0.05) is 6.20 Å². The summed E-state index contributed by atoms with van der Waals surface area (Å²) in [4.78, 5) is 0. The molecule has 1 aromatic heterocycles. The second kappa shape index (κ2) is 5.86. The van der Waals surface area contributed by atoms with Crippen LogP contribution in [0.25, 0.3) is 5.69 Å². The zero-order valence-electron chi connectivity index (χ0n) is 10.2. The van der Waals surface area contributed by atoms with Crippen molar-refractivity contribution in [2.45, 2.75) is 0 Å². The normalized spacial score (nSPS) is 10.9. The van der Waals surface area contributed by atoms with E-state index in [4.69, 9.17) is 28.0 Å². The van der Waals surface area contributed by atoms with Gasteiger partial charge in [0.25, 0.3) is 0 Å². The number of amidine groups is 1. The second-order valence-corrected chi connectivity index (χ2v) is 4.18. The Hall–Kier alpha value is -2.85. The van der Waals surface area contributed by atoms with Crippen molar-refractivity contribution in [1.29, 1.82) is 10.7 Å². The summed E-state index contributed by atoms with van der Waals surface area (Å²) in [6, 6.07) is 8.84. The van der Waals surface area contributed by atoms with Crippen LogP contribution >= 0.6 is 11.6 Å². The number of benzene rings is 1. The zero-order valence-corrected chi connectivity index (χ0v) is 11.0. The van der Waals surface area contributed by atoms with Gasteiger partial charge in [0.05, 0.1) is 22.6 Å². The smallest absolute Gasteiger partial charge is 0.201 e. The molecule has 0 bridgehead atoms. The molecule has 1 aromatic carbocycles. The van der Waals surface area contributed by atoms with E-state index in [0.717, 1.165) is 5.69 Å². The van der Waals surface area contributed by atoms with Gasteiger partial charge in [-0.2, -0.15) is 15.5 Å². The minimum absolute atomic E-state index is 0.173. The summed E-state index contributed by atoms with van der Waals surface area (Å²) >= 11 is 5.80. The van der Waals surface area contributed by atoms with Crippen molar-refractivity contribution < 1.29 is 0 Å². The fourth-order valence-electron chi connectivity index (χ4n) is 1.40. The summed E-state index contributed by atoms with van der Waals surface area (Å²) < 4.78 is 1.63. The van der Waals surface area contributed by atoms with Crippen LogP contribution in [0, 0.1) is 16.7 Å². The van der Waals surface area contributed by atoms with E-state index in [0.29, 0.717) is 10.7 Å². The van der Waals surface area contributed by atoms with Gasteiger partial charge >= 0.3 is 0 Å². The van der Waals surface area contributed by atoms with Gasteiger partial charge in [0.15, 0.2) is 5.84 Å². The lowest BCUT2D eigenvalue weighted by Crippen LogP contribution is -2.21. The number of aromatic nitrogens is 2. The van der Waals surface area contributed by atoms with Gasteiger partial charge in [-0.05, 0) is 24.3 Å². The molecule has 0 aliphatic rings. The highest BCUT2D eigenvalue weighted by atomic mass is 35.5. The molecular formula is C12H10ClN7. The molecule has 0 radical (unpaired) electrons. The van der Waals surface area contributed by atoms with Crippen LogP contribution in [0.15, 0.2) is 41.8 Å². The molecule has 2 rings (SSSR count). The van der Waals surface area contributed by atoms with E-state index in [1.807, 2.05) is 0 Å². The number of nitrogens with zero attached hydrogens (tertiary/aromatic N) is 4. The Morgan fingerprint density at radius 2 is 2.15 bits per heavy atom. The number of nitrogens with one attached hydrogen (secondary N) is 2. The first-order valence-corrected chi connectivity index (χ1v) is 5.87. The molecule has 100 valence electrons. The summed E-state index contributed by atoms with van der Waals surface area (Å²) in [5, 5.41) is 24.2. The van der Waals surface area contributed by atoms with E-state index in [2.05, 4.69) is 15.6 Å². The fraction of sp³-hybridized carbons (Fsp3) is 0. The highest BCUT2D eigenvalue weighted by molar-refractivity contribution is 6.45. The van der Waals surface area contributed by atoms with Crippen LogP contribution in [0.5, 0.6) is 0 Å². The first-order valence-electron chi connectivity index (χ1n) is 5.49. The van der Waals surface area contributed by atoms with Crippen LogP contribution in [0.4, 0.5) is 5.69 Å². The van der Waals surface area contributed by atoms with Gasteiger partial charge in [-0.3, -0.25) is 10.8 Å². The van der Waals surface area contributed by atoms with E-state index in [-0.39, 0.29) is 11.5 Å². The van der Waals surface area contributed by atoms with Gasteiger partial charge in [0.1, 0.15) is 6.07 Å². The highest BCUT2D eigenvalue weighted by Gasteiger charge is 2.02. The number of rotatable bonds is 4. The molecule has 0 amide bonds. The Bertz CT molecular complexity index is 693. The number of hydrogen-bond acceptors (Lipinski definition) is 5. The fourth-order valence-corrected chi connectivity index (χ4v) is 1.53. The molecule has 0 unspecified atom stereocenters. The molecular weight excluding hydrogens is 278 g/mol. The second-order valence-electron chi connectivity index (χ2n) is 3.75. The minimum Gasteiger partial charge on any atom is -0.382 e. The predicted octanol–water partition coefficient (Wildman–Crippen LogP) is 1.75. The third-order valence-corrected chi connectivity index (χ3v) is 2.54. The molecule has 4 N–H and O–H groups in total. The Morgan fingerprint density at radius 1 is 1.45 bits per heavy atom. The van der Waals surface area contributed by atoms with E-state index < -0.39 is 0 Å². The van der Waals surface area contributed by atoms with Crippen LogP contribution in [-0.4, -0.2) is 21.3 Å². The van der Waals surface area contributed by atoms with Crippen LogP contribution in [0.2, 0.25) is 5.02 Å². The molecule has 0 spiro atoms. The first kappa shape index (κ1) is 13.6. The van der Waals surface area contributed by atoms with Crippen molar-refractivity contribution >= 4 is 28.8 Å². The molecule has 1 heterocycles. The first-order chi connectivity index (χ1) is 9.60. The van der Waals surface area contributed by atoms with Crippen LogP contribution < -0.4 is 11.2 Å². The molecule has 0 atom stereocenters. The van der Waals surface area contributed by atoms with Crippen LogP contribution in [-0.2, 0) is 0 Å². The maximum Gasteiger partial charge on any atom is 0.201 e. The largest absolute Gasteiger partial charge is 0.382 e. The van der Waals surface area contributed by atoms with Crippen molar-refractivity contribution in [1.82, 2.24) is 9.78 Å². The molecule has 2 aromatic rings. The van der Waals surface area contributed by atoms with Crippen molar-refractivity contribution in [2.75, 3.05) is 5.43 Å². The zero-order chi connectivity index (χ0) is 14.5. The Labute approximate surface area is 119 Å². The molecule has 0 saturated heterocycles. The third-order valence-electron chi connectivity index (χ3n) is 2.34. The molecule has 0 fully saturated rings. The maximum atomic E-state index is 8.70. The van der Waals surface area contributed by atoms with Gasteiger partial charge in [-0.1, -0.05) is 11.6 Å². The van der Waals surface area contributed by atoms with Crippen LogP contribution in [0.1, 0.15) is 0 Å². The molecule has 0 saturated carbocycles. The lowest BCUT2D eigenvalue weighted by molar-refractivity contribution is 0.880. The number of nitrogens with two attached hydrogens (primary N) is 1. The predicted molar refractivity (Wildman–Crippen MR) is 77.2 cm³/mol. The van der Waals surface area contributed by atoms with E-state index in [1.165, 1.54) is 0 Å². The number of hydrazone groups is 1. The molecule has 8 heteroatoms. The topological polar surface area (TPSA) is 116 Å². The number of hydrogen-bond donors (Lipinski definition) is 3. The summed E-state index contributed by atoms with van der Waals surface area (Å²) in [5.74, 6) is -0.386. The van der Waals surface area contributed by atoms with Gasteiger partial charge in [-0.15, -0.1) is 0 Å². The highest BCUT2D eigenvalue weighted by Crippen LogP contribution is 2.15. The molecule has 20 heavy (non-hydrogen) atoms. The van der Waals surface area contributed by atoms with Gasteiger partial charge in [-0.25, -0.2) is 4.68 Å². The summed E-state index contributed by atoms with van der Waals surface area (Å²) in [6.45, 7) is 0. The van der Waals surface area contributed by atoms with Crippen molar-refractivity contribution in [3.05, 3.63) is 41.7 Å². The van der Waals surface area contributed by atoms with E-state index in [9.17, 15) is 0 Å². The lowest BCUT2D eigenvalue weighted by Gasteiger charge is -2.04. The van der Waals surface area contributed by atoms with Crippen molar-refractivity contribution in [3.63, 3.8) is 0 Å². The monoisotopic (exact) mass is 287 g/mol. The van der Waals surface area contributed by atoms with Crippen LogP contribution in [0.3, 0.4) is 0 Å². The van der Waals surface area contributed by atoms with Gasteiger partial charge in [0.2, 0.25) is 5.71 Å². The van der Waals surface area contributed by atoms with Gasteiger partial charge < -0.3 is 5.73 Å². The minimum atomic E-state index is -0.386. The Kier molecular flexibility index (Phi) is 3.98. The SMILES string of the molecule is N#C/C(=N\Nc1ccc(-n2cc(Cl)cn2)cc1)C(=N)N. The summed E-state index contributed by atoms with van der Waals surface area (Å²) in [6.07, 6.45) is 3.23. The Morgan fingerprint density at radius 3 is 2.65 bits per heavy atom. The maximum absolute atomic E-state index is 8.70. The number of anilines is 1. The van der Waals surface area contributed by atoms with Crippen molar-refractivity contribution in [3.8, 4) is 11.8 Å². The Balaban J connectivity index is 2.13. The molecule has 7 nitrogen and oxygen atoms in total. The average Bonchev–Trinajstić information content (AvgIpc) is 2.86. The van der Waals surface area contributed by atoms with E-state index >= 15 is 0 Å².